The van der Waals surface area contributed by atoms with Crippen LogP contribution in [0.5, 0.6) is 0 Å². The number of carbonyl (C=O) groups is 3. The SMILES string of the molecule is CCC(C)NC(=O)C1CC(=O)N(c2ccc(C(C)=O)cc2)C1. The van der Waals surface area contributed by atoms with Crippen molar-refractivity contribution < 1.29 is 14.4 Å². The van der Waals surface area contributed by atoms with Gasteiger partial charge in [-0.1, -0.05) is 6.92 Å². The van der Waals surface area contributed by atoms with Crippen molar-refractivity contribution in [1.82, 2.24) is 5.32 Å². The van der Waals surface area contributed by atoms with Crippen LogP contribution in [0.15, 0.2) is 24.3 Å². The first kappa shape index (κ1) is 16.2. The summed E-state index contributed by atoms with van der Waals surface area (Å²) in [6.45, 7) is 5.85. The van der Waals surface area contributed by atoms with Crippen molar-refractivity contribution in [3.63, 3.8) is 0 Å². The fraction of sp³-hybridized carbons (Fsp3) is 0.471. The van der Waals surface area contributed by atoms with Gasteiger partial charge in [-0.15, -0.1) is 0 Å². The number of carbonyl (C=O) groups excluding carboxylic acids is 3. The van der Waals surface area contributed by atoms with Crippen LogP contribution in [0.3, 0.4) is 0 Å². The minimum Gasteiger partial charge on any atom is -0.353 e. The topological polar surface area (TPSA) is 66.5 Å². The fourth-order valence-electron chi connectivity index (χ4n) is 2.47. The highest BCUT2D eigenvalue weighted by molar-refractivity contribution is 6.01. The highest BCUT2D eigenvalue weighted by Gasteiger charge is 2.35. The largest absolute Gasteiger partial charge is 0.353 e. The first-order valence-electron chi connectivity index (χ1n) is 7.64. The minimum absolute atomic E-state index is 0.00916. The smallest absolute Gasteiger partial charge is 0.227 e. The molecular formula is C17H22N2O3. The van der Waals surface area contributed by atoms with Crippen molar-refractivity contribution in [2.75, 3.05) is 11.4 Å². The third kappa shape index (κ3) is 3.53. The molecule has 1 aliphatic rings. The summed E-state index contributed by atoms with van der Waals surface area (Å²) in [4.78, 5) is 37.2. The number of benzene rings is 1. The molecule has 1 aromatic carbocycles. The molecule has 1 heterocycles. The molecule has 1 aliphatic heterocycles. The van der Waals surface area contributed by atoms with Crippen LogP contribution in [-0.2, 0) is 9.59 Å². The van der Waals surface area contributed by atoms with E-state index in [1.54, 1.807) is 29.2 Å². The predicted octanol–water partition coefficient (Wildman–Crippen LogP) is 2.16. The standard InChI is InChI=1S/C17H22N2O3/c1-4-11(2)18-17(22)14-9-16(21)19(10-14)15-7-5-13(6-8-15)12(3)20/h5-8,11,14H,4,9-10H2,1-3H3,(H,18,22). The minimum atomic E-state index is -0.311. The summed E-state index contributed by atoms with van der Waals surface area (Å²) < 4.78 is 0. The van der Waals surface area contributed by atoms with Gasteiger partial charge < -0.3 is 10.2 Å². The van der Waals surface area contributed by atoms with E-state index in [1.807, 2.05) is 13.8 Å². The van der Waals surface area contributed by atoms with Crippen molar-refractivity contribution >= 4 is 23.3 Å². The maximum Gasteiger partial charge on any atom is 0.227 e. The van der Waals surface area contributed by atoms with E-state index in [-0.39, 0.29) is 36.0 Å². The van der Waals surface area contributed by atoms with E-state index < -0.39 is 0 Å². The molecule has 2 rings (SSSR count). The lowest BCUT2D eigenvalue weighted by Gasteiger charge is -2.18. The number of rotatable bonds is 5. The molecule has 0 bridgehead atoms. The van der Waals surface area contributed by atoms with E-state index in [9.17, 15) is 14.4 Å². The van der Waals surface area contributed by atoms with Gasteiger partial charge in [0.25, 0.3) is 0 Å². The molecule has 22 heavy (non-hydrogen) atoms. The number of amides is 2. The summed E-state index contributed by atoms with van der Waals surface area (Å²) in [6.07, 6.45) is 1.10. The molecule has 0 aromatic heterocycles. The Bertz CT molecular complexity index is 580. The van der Waals surface area contributed by atoms with Gasteiger partial charge in [-0.05, 0) is 44.5 Å². The zero-order valence-electron chi connectivity index (χ0n) is 13.3. The van der Waals surface area contributed by atoms with Crippen molar-refractivity contribution in [3.05, 3.63) is 29.8 Å². The highest BCUT2D eigenvalue weighted by atomic mass is 16.2. The Hall–Kier alpha value is -2.17. The quantitative estimate of drug-likeness (QED) is 0.848. The molecule has 2 atom stereocenters. The van der Waals surface area contributed by atoms with Crippen molar-refractivity contribution in [2.45, 2.75) is 39.7 Å². The van der Waals surface area contributed by atoms with Crippen molar-refractivity contribution in [3.8, 4) is 0 Å². The third-order valence-corrected chi connectivity index (χ3v) is 4.08. The van der Waals surface area contributed by atoms with E-state index in [1.165, 1.54) is 6.92 Å². The fourth-order valence-corrected chi connectivity index (χ4v) is 2.47. The number of hydrogen-bond acceptors (Lipinski definition) is 3. The number of nitrogens with one attached hydrogen (secondary N) is 1. The average molecular weight is 302 g/mol. The zero-order valence-corrected chi connectivity index (χ0v) is 13.3. The van der Waals surface area contributed by atoms with E-state index >= 15 is 0 Å². The van der Waals surface area contributed by atoms with Crippen LogP contribution in [0.1, 0.15) is 44.0 Å². The molecule has 0 radical (unpaired) electrons. The Morgan fingerprint density at radius 1 is 1.32 bits per heavy atom. The van der Waals surface area contributed by atoms with Crippen molar-refractivity contribution in [1.29, 1.82) is 0 Å². The van der Waals surface area contributed by atoms with Crippen LogP contribution in [0.4, 0.5) is 5.69 Å². The Balaban J connectivity index is 2.06. The molecule has 5 nitrogen and oxygen atoms in total. The predicted molar refractivity (Wildman–Crippen MR) is 84.8 cm³/mol. The second-order valence-electron chi connectivity index (χ2n) is 5.83. The molecule has 1 N–H and O–H groups in total. The number of nitrogens with zero attached hydrogens (tertiary/aromatic N) is 1. The molecule has 5 heteroatoms. The van der Waals surface area contributed by atoms with Crippen LogP contribution < -0.4 is 10.2 Å². The lowest BCUT2D eigenvalue weighted by atomic mass is 10.1. The van der Waals surface area contributed by atoms with Gasteiger partial charge in [-0.25, -0.2) is 0 Å². The van der Waals surface area contributed by atoms with Gasteiger partial charge in [-0.3, -0.25) is 14.4 Å². The molecule has 118 valence electrons. The summed E-state index contributed by atoms with van der Waals surface area (Å²) in [5.74, 6) is -0.440. The van der Waals surface area contributed by atoms with Crippen LogP contribution in [0.2, 0.25) is 0 Å². The van der Waals surface area contributed by atoms with E-state index in [4.69, 9.17) is 0 Å². The maximum absolute atomic E-state index is 12.1. The van der Waals surface area contributed by atoms with Gasteiger partial charge in [0.15, 0.2) is 5.78 Å². The van der Waals surface area contributed by atoms with Gasteiger partial charge >= 0.3 is 0 Å². The lowest BCUT2D eigenvalue weighted by molar-refractivity contribution is -0.126. The van der Waals surface area contributed by atoms with Crippen LogP contribution in [-0.4, -0.2) is 30.2 Å². The molecule has 1 fully saturated rings. The second kappa shape index (κ2) is 6.73. The molecular weight excluding hydrogens is 280 g/mol. The summed E-state index contributed by atoms with van der Waals surface area (Å²) in [7, 11) is 0. The molecule has 2 unspecified atom stereocenters. The first-order valence-corrected chi connectivity index (χ1v) is 7.64. The lowest BCUT2D eigenvalue weighted by Crippen LogP contribution is -2.38. The molecule has 1 aromatic rings. The van der Waals surface area contributed by atoms with Gasteiger partial charge in [0.05, 0.1) is 5.92 Å². The number of Topliss-reactive ketones (excluding diaryl/α,β-unsaturated/α-hetero) is 1. The molecule has 0 aliphatic carbocycles. The highest BCUT2D eigenvalue weighted by Crippen LogP contribution is 2.25. The zero-order chi connectivity index (χ0) is 16.3. The number of ketones is 1. The normalized spacial score (nSPS) is 19.1. The van der Waals surface area contributed by atoms with Crippen LogP contribution in [0, 0.1) is 5.92 Å². The molecule has 2 amide bonds. The van der Waals surface area contributed by atoms with Gasteiger partial charge in [0.2, 0.25) is 11.8 Å². The summed E-state index contributed by atoms with van der Waals surface area (Å²) in [5.41, 5.74) is 1.34. The first-order chi connectivity index (χ1) is 10.4. The second-order valence-corrected chi connectivity index (χ2v) is 5.83. The van der Waals surface area contributed by atoms with Crippen LogP contribution in [0.25, 0.3) is 0 Å². The molecule has 1 saturated heterocycles. The molecule has 0 spiro atoms. The third-order valence-electron chi connectivity index (χ3n) is 4.08. The van der Waals surface area contributed by atoms with E-state index in [0.717, 1.165) is 12.1 Å². The Morgan fingerprint density at radius 3 is 2.50 bits per heavy atom. The van der Waals surface area contributed by atoms with Gasteiger partial charge in [-0.2, -0.15) is 0 Å². The summed E-state index contributed by atoms with van der Waals surface area (Å²) in [5, 5.41) is 2.93. The molecule has 0 saturated carbocycles. The van der Waals surface area contributed by atoms with Crippen molar-refractivity contribution in [2.24, 2.45) is 5.92 Å². The van der Waals surface area contributed by atoms with Gasteiger partial charge in [0, 0.05) is 30.3 Å². The average Bonchev–Trinajstić information content (AvgIpc) is 2.89. The van der Waals surface area contributed by atoms with E-state index in [0.29, 0.717) is 12.1 Å². The number of hydrogen-bond donors (Lipinski definition) is 1. The van der Waals surface area contributed by atoms with E-state index in [2.05, 4.69) is 5.32 Å². The van der Waals surface area contributed by atoms with Crippen LogP contribution >= 0.6 is 0 Å². The summed E-state index contributed by atoms with van der Waals surface area (Å²) in [6, 6.07) is 7.04. The monoisotopic (exact) mass is 302 g/mol. The summed E-state index contributed by atoms with van der Waals surface area (Å²) >= 11 is 0. The Labute approximate surface area is 130 Å². The Kier molecular flexibility index (Phi) is 4.96. The maximum atomic E-state index is 12.1. The number of anilines is 1. The van der Waals surface area contributed by atoms with Gasteiger partial charge in [0.1, 0.15) is 0 Å². The Morgan fingerprint density at radius 2 is 1.95 bits per heavy atom.